The number of piperazine rings is 1. The highest BCUT2D eigenvalue weighted by molar-refractivity contribution is 6.11. The molecule has 2 heterocycles. The molecule has 0 radical (unpaired) electrons. The second-order valence-electron chi connectivity index (χ2n) is 10.0. The molecule has 1 saturated heterocycles. The van der Waals surface area contributed by atoms with Crippen LogP contribution in [0.5, 0.6) is 11.5 Å². The number of hydrogen-bond donors (Lipinski definition) is 2. The predicted molar refractivity (Wildman–Crippen MR) is 165 cm³/mol. The Morgan fingerprint density at radius 2 is 1.68 bits per heavy atom. The third-order valence-electron chi connectivity index (χ3n) is 7.52. The first-order valence-electron chi connectivity index (χ1n) is 14.0. The molecular weight excluding hydrogens is 570 g/mol. The Balaban J connectivity index is 1.41. The molecule has 1 fully saturated rings. The van der Waals surface area contributed by atoms with Crippen molar-refractivity contribution in [2.24, 2.45) is 0 Å². The number of fused-ring (bicyclic) bond motifs is 1. The van der Waals surface area contributed by atoms with Gasteiger partial charge < -0.3 is 29.9 Å². The zero-order valence-corrected chi connectivity index (χ0v) is 24.6. The number of amides is 1. The monoisotopic (exact) mass is 602 g/mol. The van der Waals surface area contributed by atoms with E-state index in [4.69, 9.17) is 9.47 Å². The van der Waals surface area contributed by atoms with Gasteiger partial charge in [0, 0.05) is 55.1 Å². The summed E-state index contributed by atoms with van der Waals surface area (Å²) in [6, 6.07) is 11.2. The Hall–Kier alpha value is -5.10. The molecule has 0 saturated carbocycles. The molecular formula is C32H32F2N6O4. The summed E-state index contributed by atoms with van der Waals surface area (Å²) in [6.07, 6.45) is 2.69. The number of carbonyl (C=O) groups is 2. The summed E-state index contributed by atoms with van der Waals surface area (Å²) in [6.45, 7) is 10.4. The topological polar surface area (TPSA) is 109 Å². The van der Waals surface area contributed by atoms with Gasteiger partial charge in [0.25, 0.3) is 0 Å². The fourth-order valence-corrected chi connectivity index (χ4v) is 5.03. The van der Waals surface area contributed by atoms with Crippen LogP contribution in [0.4, 0.5) is 31.8 Å². The summed E-state index contributed by atoms with van der Waals surface area (Å²) >= 11 is 0. The van der Waals surface area contributed by atoms with Crippen LogP contribution in [0.1, 0.15) is 22.8 Å². The van der Waals surface area contributed by atoms with Crippen LogP contribution >= 0.6 is 0 Å². The van der Waals surface area contributed by atoms with Crippen molar-refractivity contribution in [1.82, 2.24) is 14.9 Å². The van der Waals surface area contributed by atoms with Crippen LogP contribution in [0.15, 0.2) is 61.3 Å². The van der Waals surface area contributed by atoms with E-state index in [0.29, 0.717) is 22.3 Å². The molecule has 228 valence electrons. The lowest BCUT2D eigenvalue weighted by molar-refractivity contribution is -0.111. The third kappa shape index (κ3) is 6.16. The van der Waals surface area contributed by atoms with Crippen LogP contribution in [-0.4, -0.2) is 73.5 Å². The van der Waals surface area contributed by atoms with Gasteiger partial charge in [-0.05, 0) is 49.0 Å². The molecule has 0 bridgehead atoms. The Kier molecular flexibility index (Phi) is 9.00. The normalized spacial score (nSPS) is 13.4. The van der Waals surface area contributed by atoms with Crippen LogP contribution in [0.3, 0.4) is 0 Å². The van der Waals surface area contributed by atoms with E-state index in [9.17, 15) is 18.4 Å². The van der Waals surface area contributed by atoms with Gasteiger partial charge in [-0.3, -0.25) is 9.59 Å². The number of halogens is 2. The van der Waals surface area contributed by atoms with Crippen molar-refractivity contribution in [3.8, 4) is 11.5 Å². The molecule has 0 spiro atoms. The maximum atomic E-state index is 14.9. The molecule has 1 aliphatic heterocycles. The lowest BCUT2D eigenvalue weighted by Gasteiger charge is -2.35. The van der Waals surface area contributed by atoms with E-state index in [2.05, 4.69) is 43.9 Å². The molecule has 1 aliphatic rings. The molecule has 0 aliphatic carbocycles. The number of ketones is 1. The van der Waals surface area contributed by atoms with Crippen molar-refractivity contribution in [3.05, 3.63) is 84.1 Å². The Morgan fingerprint density at radius 1 is 0.977 bits per heavy atom. The standard InChI is InChI=1S/C32H32F2N6O4/c1-5-27(41)36-24-16-21(40-13-11-39(6-2)12-14-40)8-10-23(24)38-32-35-18-20-15-19(7-9-22(20)37-32)31(42)28-29(33)25(43-3)17-26(44-4)30(28)34/h5,7-10,15-18H,1,6,11-14H2,2-4H3,(H,36,41)(H,35,37,38). The largest absolute Gasteiger partial charge is 0.494 e. The van der Waals surface area contributed by atoms with E-state index >= 15 is 0 Å². The van der Waals surface area contributed by atoms with Crippen molar-refractivity contribution in [2.45, 2.75) is 6.92 Å². The summed E-state index contributed by atoms with van der Waals surface area (Å²) in [5.74, 6) is -3.89. The van der Waals surface area contributed by atoms with Crippen molar-refractivity contribution in [2.75, 3.05) is 62.5 Å². The van der Waals surface area contributed by atoms with Crippen LogP contribution in [0.25, 0.3) is 10.9 Å². The van der Waals surface area contributed by atoms with Crippen molar-refractivity contribution in [1.29, 1.82) is 0 Å². The summed E-state index contributed by atoms with van der Waals surface area (Å²) in [7, 11) is 2.42. The van der Waals surface area contributed by atoms with Crippen molar-refractivity contribution in [3.63, 3.8) is 0 Å². The van der Waals surface area contributed by atoms with E-state index in [1.165, 1.54) is 38.6 Å². The first-order valence-corrected chi connectivity index (χ1v) is 14.0. The number of carbonyl (C=O) groups excluding carboxylic acids is 2. The average Bonchev–Trinajstić information content (AvgIpc) is 3.05. The molecule has 44 heavy (non-hydrogen) atoms. The van der Waals surface area contributed by atoms with Gasteiger partial charge in [0.2, 0.25) is 11.9 Å². The number of likely N-dealkylation sites (N-methyl/N-ethyl adjacent to an activating group) is 1. The highest BCUT2D eigenvalue weighted by Gasteiger charge is 2.27. The summed E-state index contributed by atoms with van der Waals surface area (Å²) in [5, 5.41) is 6.47. The minimum Gasteiger partial charge on any atom is -0.494 e. The first-order chi connectivity index (χ1) is 21.3. The smallest absolute Gasteiger partial charge is 0.247 e. The van der Waals surface area contributed by atoms with Crippen LogP contribution in [0.2, 0.25) is 0 Å². The van der Waals surface area contributed by atoms with E-state index in [-0.39, 0.29) is 28.9 Å². The fraction of sp³-hybridized carbons (Fsp3) is 0.250. The maximum absolute atomic E-state index is 14.9. The number of methoxy groups -OCH3 is 2. The minimum atomic E-state index is -1.12. The molecule has 3 aromatic carbocycles. The summed E-state index contributed by atoms with van der Waals surface area (Å²) < 4.78 is 39.8. The van der Waals surface area contributed by atoms with E-state index in [0.717, 1.165) is 44.5 Å². The molecule has 1 aromatic heterocycles. The molecule has 12 heteroatoms. The Labute approximate surface area is 253 Å². The zero-order valence-electron chi connectivity index (χ0n) is 24.6. The fourth-order valence-electron chi connectivity index (χ4n) is 5.03. The number of nitrogens with zero attached hydrogens (tertiary/aromatic N) is 4. The number of hydrogen-bond acceptors (Lipinski definition) is 9. The van der Waals surface area contributed by atoms with Gasteiger partial charge in [0.15, 0.2) is 28.9 Å². The van der Waals surface area contributed by atoms with Crippen molar-refractivity contribution >= 4 is 45.6 Å². The average molecular weight is 603 g/mol. The number of benzene rings is 3. The SMILES string of the molecule is C=CC(=O)Nc1cc(N2CCN(CC)CC2)ccc1Nc1ncc2cc(C(=O)c3c(F)c(OC)cc(OC)c3F)ccc2n1. The van der Waals surface area contributed by atoms with Crippen LogP contribution < -0.4 is 25.0 Å². The first kappa shape index (κ1) is 30.4. The number of aromatic nitrogens is 2. The lowest BCUT2D eigenvalue weighted by Crippen LogP contribution is -2.46. The van der Waals surface area contributed by atoms with Crippen LogP contribution in [0, 0.1) is 11.6 Å². The van der Waals surface area contributed by atoms with Gasteiger partial charge in [-0.2, -0.15) is 0 Å². The molecule has 5 rings (SSSR count). The highest BCUT2D eigenvalue weighted by atomic mass is 19.1. The summed E-state index contributed by atoms with van der Waals surface area (Å²) in [4.78, 5) is 39.0. The minimum absolute atomic E-state index is 0.0275. The predicted octanol–water partition coefficient (Wildman–Crippen LogP) is 5.17. The second kappa shape index (κ2) is 13.0. The number of nitrogens with one attached hydrogen (secondary N) is 2. The maximum Gasteiger partial charge on any atom is 0.247 e. The Morgan fingerprint density at radius 3 is 2.32 bits per heavy atom. The molecule has 4 aromatic rings. The quantitative estimate of drug-likeness (QED) is 0.188. The summed E-state index contributed by atoms with van der Waals surface area (Å²) in [5.41, 5.74) is 1.80. The van der Waals surface area contributed by atoms with Gasteiger partial charge in [0.1, 0.15) is 5.56 Å². The number of rotatable bonds is 10. The van der Waals surface area contributed by atoms with Gasteiger partial charge >= 0.3 is 0 Å². The Bertz CT molecular complexity index is 1710. The van der Waals surface area contributed by atoms with E-state index in [1.807, 2.05) is 18.2 Å². The molecule has 0 unspecified atom stereocenters. The van der Waals surface area contributed by atoms with Gasteiger partial charge in [0.05, 0.1) is 31.1 Å². The number of ether oxygens (including phenoxy) is 2. The second-order valence-corrected chi connectivity index (χ2v) is 10.0. The van der Waals surface area contributed by atoms with Gasteiger partial charge in [-0.1, -0.05) is 13.5 Å². The molecule has 1 amide bonds. The zero-order chi connectivity index (χ0) is 31.4. The van der Waals surface area contributed by atoms with E-state index < -0.39 is 23.0 Å². The third-order valence-corrected chi connectivity index (χ3v) is 7.52. The van der Waals surface area contributed by atoms with E-state index in [1.54, 1.807) is 6.07 Å². The molecule has 2 N–H and O–H groups in total. The van der Waals surface area contributed by atoms with Gasteiger partial charge in [-0.15, -0.1) is 0 Å². The van der Waals surface area contributed by atoms with Crippen molar-refractivity contribution < 1.29 is 27.8 Å². The lowest BCUT2D eigenvalue weighted by atomic mass is 10.00. The van der Waals surface area contributed by atoms with Gasteiger partial charge in [-0.25, -0.2) is 18.7 Å². The molecule has 10 nitrogen and oxygen atoms in total. The highest BCUT2D eigenvalue weighted by Crippen LogP contribution is 2.34. The van der Waals surface area contributed by atoms with Crippen LogP contribution in [-0.2, 0) is 4.79 Å². The number of anilines is 4. The molecule has 0 atom stereocenters.